The summed E-state index contributed by atoms with van der Waals surface area (Å²) in [6.45, 7) is 1.98. The van der Waals surface area contributed by atoms with Crippen LogP contribution in [0.5, 0.6) is 0 Å². The minimum atomic E-state index is -3.27. The lowest BCUT2D eigenvalue weighted by Crippen LogP contribution is -2.47. The molecule has 180 valence electrons. The zero-order chi connectivity index (χ0) is 23.7. The summed E-state index contributed by atoms with van der Waals surface area (Å²) in [5.41, 5.74) is 2.00. The van der Waals surface area contributed by atoms with Crippen molar-refractivity contribution in [2.75, 3.05) is 20.1 Å². The second-order valence-corrected chi connectivity index (χ2v) is 9.91. The number of aliphatic hydroxyl groups excluding tert-OH is 1. The highest BCUT2D eigenvalue weighted by atomic mass is 31.2. The highest BCUT2D eigenvalue weighted by Gasteiger charge is 2.59. The molecule has 2 saturated heterocycles. The van der Waals surface area contributed by atoms with E-state index in [1.807, 2.05) is 35.2 Å². The molecule has 5 rings (SSSR count). The summed E-state index contributed by atoms with van der Waals surface area (Å²) in [5.74, 6) is 0.237. The van der Waals surface area contributed by atoms with E-state index < -0.39 is 45.1 Å². The van der Waals surface area contributed by atoms with E-state index in [-0.39, 0.29) is 12.8 Å². The van der Waals surface area contributed by atoms with Crippen LogP contribution in [0.1, 0.15) is 12.5 Å². The third kappa shape index (κ3) is 4.78. The van der Waals surface area contributed by atoms with Gasteiger partial charge in [-0.1, -0.05) is 30.3 Å². The molecule has 4 aliphatic rings. The zero-order valence-electron chi connectivity index (χ0n) is 18.5. The number of ether oxygens (including phenoxy) is 2. The van der Waals surface area contributed by atoms with Gasteiger partial charge in [0.1, 0.15) is 30.8 Å². The van der Waals surface area contributed by atoms with Crippen LogP contribution >= 0.6 is 7.82 Å². The van der Waals surface area contributed by atoms with Crippen LogP contribution in [-0.4, -0.2) is 80.7 Å². The monoisotopic (exact) mass is 490 g/mol. The Morgan fingerprint density at radius 2 is 2.24 bits per heavy atom. The van der Waals surface area contributed by atoms with Gasteiger partial charge in [0, 0.05) is 13.5 Å². The highest BCUT2D eigenvalue weighted by molar-refractivity contribution is 7.85. The number of carbonyl (C=O) groups is 1. The van der Waals surface area contributed by atoms with E-state index in [4.69, 9.17) is 30.6 Å². The first-order valence-corrected chi connectivity index (χ1v) is 12.5. The van der Waals surface area contributed by atoms with Crippen LogP contribution in [0.2, 0.25) is 0 Å². The summed E-state index contributed by atoms with van der Waals surface area (Å²) in [6, 6.07) is 10.1. The van der Waals surface area contributed by atoms with Crippen LogP contribution in [-0.2, 0) is 34.4 Å². The predicted molar refractivity (Wildman–Crippen MR) is 121 cm³/mol. The minimum absolute atomic E-state index is 0.0753. The average Bonchev–Trinajstić information content (AvgIpc) is 3.39. The molecule has 14 heteroatoms. The summed E-state index contributed by atoms with van der Waals surface area (Å²) in [5, 5.41) is 21.0. The molecular formula is C20H26BN5O7P+. The maximum Gasteiger partial charge on any atom is 0.488 e. The molecule has 0 spiro atoms. The van der Waals surface area contributed by atoms with Crippen LogP contribution in [0.4, 0.5) is 0 Å². The van der Waals surface area contributed by atoms with Gasteiger partial charge in [0.05, 0.1) is 18.7 Å². The molecule has 2 radical (unpaired) electrons. The molecule has 5 unspecified atom stereocenters. The fourth-order valence-electron chi connectivity index (χ4n) is 4.17. The molecule has 6 atom stereocenters. The first-order valence-electron chi connectivity index (χ1n) is 10.9. The summed E-state index contributed by atoms with van der Waals surface area (Å²) in [6.07, 6.45) is -1.70. The van der Waals surface area contributed by atoms with Crippen LogP contribution < -0.4 is 16.0 Å². The number of benzene rings is 1. The number of esters is 1. The molecule has 34 heavy (non-hydrogen) atoms. The molecule has 0 amide bonds. The van der Waals surface area contributed by atoms with Gasteiger partial charge in [-0.15, -0.1) is 0 Å². The molecule has 1 aromatic carbocycles. The molecule has 4 N–H and O–H groups in total. The maximum atomic E-state index is 11.0. The maximum absolute atomic E-state index is 11.0. The fourth-order valence-corrected chi connectivity index (χ4v) is 5.52. The number of fused-ring (bicyclic) bond motifs is 1. The minimum Gasteiger partial charge on any atom is -0.434 e. The average molecular weight is 490 g/mol. The van der Waals surface area contributed by atoms with E-state index in [9.17, 15) is 9.90 Å². The van der Waals surface area contributed by atoms with Crippen LogP contribution in [0.15, 0.2) is 46.8 Å². The van der Waals surface area contributed by atoms with Crippen molar-refractivity contribution in [3.63, 3.8) is 0 Å². The molecule has 4 aliphatic heterocycles. The standard InChI is InChI=1S/C20H26BN5O7P/c1-12(27)29-11-31-34(21)30-8-14-17(33-34)16(28)20(32-14)26-10-25-15-18(23-9-24-19(15)26)22-7-13-5-3-2-4-6-13/h2-6,9,14,16-18,20,22,25,28H,7-8,10-11H2,1H3,(H,23,24)/q+1/t14?,16?,17-,18?,20?,34?/m1/s1. The van der Waals surface area contributed by atoms with Gasteiger partial charge >= 0.3 is 21.4 Å². The number of nitrogens with one attached hydrogen (secondary N) is 3. The Hall–Kier alpha value is -2.25. The SMILES string of the molecule is [B][P+]1(OCOC(C)=O)OCC2OC(N3CNC4=C3NC=NC4NCc3ccccc3)C(O)[C@@H]2O1. The number of carbonyl (C=O) groups excluding carboxylic acids is 1. The molecule has 4 heterocycles. The number of nitrogens with zero attached hydrogens (tertiary/aromatic N) is 2. The number of aliphatic imine (C=N–C) groups is 1. The second kappa shape index (κ2) is 9.78. The van der Waals surface area contributed by atoms with Gasteiger partial charge in [0.25, 0.3) is 0 Å². The number of hydrogen-bond donors (Lipinski definition) is 4. The van der Waals surface area contributed by atoms with Crippen molar-refractivity contribution in [3.8, 4) is 0 Å². The van der Waals surface area contributed by atoms with Crippen LogP contribution in [0, 0.1) is 0 Å². The van der Waals surface area contributed by atoms with E-state index >= 15 is 0 Å². The molecule has 0 aromatic heterocycles. The van der Waals surface area contributed by atoms with Gasteiger partial charge in [-0.3, -0.25) is 15.1 Å². The molecule has 2 fully saturated rings. The van der Waals surface area contributed by atoms with E-state index in [2.05, 4.69) is 20.9 Å². The van der Waals surface area contributed by atoms with Crippen molar-refractivity contribution in [1.29, 1.82) is 0 Å². The lowest BCUT2D eigenvalue weighted by Gasteiger charge is -2.31. The van der Waals surface area contributed by atoms with Gasteiger partial charge in [0.15, 0.2) is 12.3 Å². The zero-order valence-corrected chi connectivity index (χ0v) is 19.4. The Balaban J connectivity index is 1.23. The fraction of sp³-hybridized carbons (Fsp3) is 0.500. The summed E-state index contributed by atoms with van der Waals surface area (Å²) in [7, 11) is 2.81. The summed E-state index contributed by atoms with van der Waals surface area (Å²) in [4.78, 5) is 17.3. The Labute approximate surface area is 198 Å². The van der Waals surface area contributed by atoms with Crippen molar-refractivity contribution in [3.05, 3.63) is 47.4 Å². The van der Waals surface area contributed by atoms with Crippen molar-refractivity contribution in [2.45, 2.75) is 44.2 Å². The van der Waals surface area contributed by atoms with Crippen LogP contribution in [0.25, 0.3) is 0 Å². The lowest BCUT2D eigenvalue weighted by molar-refractivity contribution is -0.149. The highest BCUT2D eigenvalue weighted by Crippen LogP contribution is 2.62. The second-order valence-electron chi connectivity index (χ2n) is 8.10. The molecule has 0 bridgehead atoms. The van der Waals surface area contributed by atoms with Crippen molar-refractivity contribution >= 4 is 27.7 Å². The van der Waals surface area contributed by atoms with E-state index in [0.29, 0.717) is 13.2 Å². The van der Waals surface area contributed by atoms with Crippen molar-refractivity contribution in [1.82, 2.24) is 20.9 Å². The molecule has 0 aliphatic carbocycles. The van der Waals surface area contributed by atoms with Crippen molar-refractivity contribution in [2.24, 2.45) is 4.99 Å². The topological polar surface area (TPSA) is 135 Å². The third-order valence-electron chi connectivity index (χ3n) is 5.82. The van der Waals surface area contributed by atoms with Gasteiger partial charge in [-0.05, 0) is 5.56 Å². The van der Waals surface area contributed by atoms with Crippen LogP contribution in [0.3, 0.4) is 0 Å². The Morgan fingerprint density at radius 1 is 1.41 bits per heavy atom. The Morgan fingerprint density at radius 3 is 3.03 bits per heavy atom. The number of rotatable bonds is 7. The summed E-state index contributed by atoms with van der Waals surface area (Å²) >= 11 is 0. The van der Waals surface area contributed by atoms with E-state index in [1.165, 1.54) is 6.92 Å². The lowest BCUT2D eigenvalue weighted by atomic mass is 10.1. The molecule has 0 saturated carbocycles. The first kappa shape index (κ1) is 23.5. The van der Waals surface area contributed by atoms with Gasteiger partial charge in [0.2, 0.25) is 6.79 Å². The Kier molecular flexibility index (Phi) is 6.76. The first-order chi connectivity index (χ1) is 16.4. The van der Waals surface area contributed by atoms with Gasteiger partial charge in [-0.2, -0.15) is 13.6 Å². The predicted octanol–water partition coefficient (Wildman–Crippen LogP) is -0.350. The number of hydrogen-bond acceptors (Lipinski definition) is 12. The largest absolute Gasteiger partial charge is 0.488 e. The molecule has 12 nitrogen and oxygen atoms in total. The van der Waals surface area contributed by atoms with Gasteiger partial charge < -0.3 is 30.1 Å². The third-order valence-corrected chi connectivity index (χ3v) is 7.33. The molecule has 1 aromatic rings. The smallest absolute Gasteiger partial charge is 0.434 e. The van der Waals surface area contributed by atoms with E-state index in [1.54, 1.807) is 6.34 Å². The number of aliphatic hydroxyl groups is 1. The normalized spacial score (nSPS) is 34.3. The van der Waals surface area contributed by atoms with Crippen molar-refractivity contribution < 1.29 is 32.9 Å². The van der Waals surface area contributed by atoms with E-state index in [0.717, 1.165) is 17.1 Å². The molecular weight excluding hydrogens is 464 g/mol. The quantitative estimate of drug-likeness (QED) is 0.173. The van der Waals surface area contributed by atoms with Gasteiger partial charge in [-0.25, -0.2) is 0 Å². The summed E-state index contributed by atoms with van der Waals surface area (Å²) < 4.78 is 27.5. The Bertz CT molecular complexity index is 972.